The first-order valence-corrected chi connectivity index (χ1v) is 24.2. The highest BCUT2D eigenvalue weighted by atomic mass is 31.2. The minimum atomic E-state index is -1.65. The van der Waals surface area contributed by atoms with Crippen LogP contribution in [-0.2, 0) is 59.2 Å². The molecule has 8 rings (SSSR count). The second-order valence-electron chi connectivity index (χ2n) is 24.1. The van der Waals surface area contributed by atoms with Gasteiger partial charge in [0.05, 0.1) is 0 Å². The van der Waals surface area contributed by atoms with Gasteiger partial charge in [-0.25, -0.2) is 4.67 Å². The van der Waals surface area contributed by atoms with Crippen molar-refractivity contribution >= 4 is 8.53 Å². The van der Waals surface area contributed by atoms with Crippen LogP contribution >= 0.6 is 8.53 Å². The van der Waals surface area contributed by atoms with Gasteiger partial charge in [0.25, 0.3) is 0 Å². The standard InChI is InChI=1S/C57H74NO5P/c1-53(2,3)43-23-33-18-35-25-44(54(4,5)6)27-37(49(35)60)20-39-29-46(56(10,11)12)31-41-22-42-32-47(57(13,14)15)30-40(52(42)63-64(58(16)17)62-51(39)41)21-38-28-45(55(7,8)9)26-36(50(38)61)19-34(24-43)48(33)59/h23-32,59-61H,18-22H2,1-17H3. The molecular weight excluding hydrogens is 810 g/mol. The molecule has 3 N–H and O–H groups in total. The summed E-state index contributed by atoms with van der Waals surface area (Å²) >= 11 is 0. The van der Waals surface area contributed by atoms with E-state index >= 15 is 0 Å². The third-order valence-electron chi connectivity index (χ3n) is 13.2. The van der Waals surface area contributed by atoms with Crippen LogP contribution < -0.4 is 9.05 Å². The van der Waals surface area contributed by atoms with Gasteiger partial charge in [-0.1, -0.05) is 165 Å². The molecule has 1 aliphatic carbocycles. The van der Waals surface area contributed by atoms with Gasteiger partial charge in [0.15, 0.2) is 0 Å². The van der Waals surface area contributed by atoms with Gasteiger partial charge >= 0.3 is 8.53 Å². The Hall–Kier alpha value is -4.51. The summed E-state index contributed by atoms with van der Waals surface area (Å²) in [5.41, 5.74) is 13.4. The molecule has 0 fully saturated rings. The maximum absolute atomic E-state index is 12.5. The van der Waals surface area contributed by atoms with Gasteiger partial charge in [-0.2, -0.15) is 0 Å². The van der Waals surface area contributed by atoms with Crippen LogP contribution in [0.1, 0.15) is 187 Å². The highest BCUT2D eigenvalue weighted by Gasteiger charge is 2.33. The topological polar surface area (TPSA) is 82.4 Å². The molecule has 0 atom stereocenters. The normalized spacial score (nSPS) is 15.2. The molecule has 5 aromatic carbocycles. The average Bonchev–Trinajstić information content (AvgIpc) is 3.13. The summed E-state index contributed by atoms with van der Waals surface area (Å²) in [5.74, 6) is 2.22. The first-order valence-electron chi connectivity index (χ1n) is 23.1. The summed E-state index contributed by atoms with van der Waals surface area (Å²) in [6.45, 7) is 33.3. The minimum absolute atomic E-state index is 0.176. The van der Waals surface area contributed by atoms with Crippen LogP contribution in [-0.4, -0.2) is 34.1 Å². The van der Waals surface area contributed by atoms with Gasteiger partial charge in [-0.3, -0.25) is 0 Å². The number of nitrogens with zero attached hydrogens (tertiary/aromatic N) is 1. The number of phenolic OH excluding ortho intramolecular Hbond substituents is 3. The van der Waals surface area contributed by atoms with Crippen molar-refractivity contribution in [3.05, 3.63) is 144 Å². The molecule has 342 valence electrons. The SMILES string of the molecule is CN(C)P1Oc2c3cc(C(C)(C)C)cc2Cc2cc(C(C)(C)C)cc(c2O1)Cc1cc(C(C)(C)C)cc(c1O)Cc1cc(C(C)(C)C)cc(c1O)Cc1cc(C(C)(C)C)cc(c1O)C3. The molecule has 0 unspecified atom stereocenters. The first kappa shape index (κ1) is 47.5. The third-order valence-corrected chi connectivity index (χ3v) is 14.5. The largest absolute Gasteiger partial charge is 0.507 e. The zero-order valence-corrected chi connectivity index (χ0v) is 42.8. The Morgan fingerprint density at radius 3 is 0.703 bits per heavy atom. The predicted molar refractivity (Wildman–Crippen MR) is 267 cm³/mol. The molecule has 0 radical (unpaired) electrons. The number of fused-ring (bicyclic) bond motifs is 2. The second-order valence-corrected chi connectivity index (χ2v) is 25.7. The van der Waals surface area contributed by atoms with Crippen LogP contribution in [0.25, 0.3) is 0 Å². The summed E-state index contributed by atoms with van der Waals surface area (Å²) in [5, 5.41) is 37.4. The van der Waals surface area contributed by atoms with Crippen molar-refractivity contribution in [2.24, 2.45) is 0 Å². The molecule has 0 spiro atoms. The van der Waals surface area contributed by atoms with E-state index in [9.17, 15) is 15.3 Å². The lowest BCUT2D eigenvalue weighted by molar-refractivity contribution is 0.406. The lowest BCUT2D eigenvalue weighted by atomic mass is 9.79. The van der Waals surface area contributed by atoms with Crippen molar-refractivity contribution in [1.82, 2.24) is 4.67 Å². The molecule has 0 saturated heterocycles. The fourth-order valence-corrected chi connectivity index (χ4v) is 10.0. The molecule has 5 aromatic rings. The van der Waals surface area contributed by atoms with Gasteiger partial charge in [-0.05, 0) is 125 Å². The summed E-state index contributed by atoms with van der Waals surface area (Å²) < 4.78 is 16.4. The molecule has 2 aliphatic heterocycles. The molecule has 3 aliphatic rings. The number of phenols is 3. The smallest absolute Gasteiger partial charge is 0.384 e. The first-order chi connectivity index (χ1) is 29.4. The summed E-state index contributed by atoms with van der Waals surface area (Å²) in [6.07, 6.45) is 2.12. The van der Waals surface area contributed by atoms with E-state index in [4.69, 9.17) is 9.05 Å². The van der Waals surface area contributed by atoms with Crippen LogP contribution in [0.4, 0.5) is 0 Å². The van der Waals surface area contributed by atoms with E-state index < -0.39 is 8.53 Å². The van der Waals surface area contributed by atoms with Crippen LogP contribution in [0.2, 0.25) is 0 Å². The van der Waals surface area contributed by atoms with Gasteiger partial charge < -0.3 is 24.4 Å². The predicted octanol–water partition coefficient (Wildman–Crippen LogP) is 14.1. The summed E-state index contributed by atoms with van der Waals surface area (Å²) in [6, 6.07) is 21.9. The summed E-state index contributed by atoms with van der Waals surface area (Å²) in [4.78, 5) is 0. The van der Waals surface area contributed by atoms with Gasteiger partial charge in [0.1, 0.15) is 28.7 Å². The van der Waals surface area contributed by atoms with Crippen molar-refractivity contribution in [3.63, 3.8) is 0 Å². The van der Waals surface area contributed by atoms with Crippen molar-refractivity contribution in [2.75, 3.05) is 14.1 Å². The fourth-order valence-electron chi connectivity index (χ4n) is 8.89. The monoisotopic (exact) mass is 884 g/mol. The maximum Gasteiger partial charge on any atom is 0.384 e. The van der Waals surface area contributed by atoms with Crippen LogP contribution in [0, 0.1) is 0 Å². The Morgan fingerprint density at radius 1 is 0.344 bits per heavy atom. The number of aromatic hydroxyl groups is 3. The van der Waals surface area contributed by atoms with E-state index in [0.29, 0.717) is 32.1 Å². The van der Waals surface area contributed by atoms with E-state index in [-0.39, 0.29) is 44.3 Å². The van der Waals surface area contributed by atoms with Crippen molar-refractivity contribution in [2.45, 2.75) is 163 Å². The Balaban J connectivity index is 1.64. The molecule has 12 bridgehead atoms. The zero-order chi connectivity index (χ0) is 47.2. The highest BCUT2D eigenvalue weighted by Crippen LogP contribution is 2.52. The molecule has 64 heavy (non-hydrogen) atoms. The highest BCUT2D eigenvalue weighted by molar-refractivity contribution is 7.45. The lowest BCUT2D eigenvalue weighted by Gasteiger charge is -2.33. The lowest BCUT2D eigenvalue weighted by Crippen LogP contribution is -2.20. The summed E-state index contributed by atoms with van der Waals surface area (Å²) in [7, 11) is 2.36. The Kier molecular flexibility index (Phi) is 12.2. The van der Waals surface area contributed by atoms with Gasteiger partial charge in [0.2, 0.25) is 0 Å². The molecular formula is C57H74NO5P. The molecule has 2 heterocycles. The fraction of sp³-hybridized carbons (Fsp3) is 0.474. The van der Waals surface area contributed by atoms with Crippen LogP contribution in [0.15, 0.2) is 60.7 Å². The Labute approximate surface area is 386 Å². The number of hydrogen-bond donors (Lipinski definition) is 3. The molecule has 6 nitrogen and oxygen atoms in total. The average molecular weight is 884 g/mol. The van der Waals surface area contributed by atoms with Crippen molar-refractivity contribution < 1.29 is 24.4 Å². The second kappa shape index (κ2) is 16.4. The van der Waals surface area contributed by atoms with E-state index in [1.54, 1.807) is 0 Å². The molecule has 7 heteroatoms. The zero-order valence-electron chi connectivity index (χ0n) is 41.9. The molecule has 0 aromatic heterocycles. The third kappa shape index (κ3) is 9.70. The Morgan fingerprint density at radius 2 is 0.516 bits per heavy atom. The minimum Gasteiger partial charge on any atom is -0.507 e. The number of hydrogen-bond acceptors (Lipinski definition) is 6. The molecule has 0 amide bonds. The maximum atomic E-state index is 12.5. The van der Waals surface area contributed by atoms with Crippen LogP contribution in [0.3, 0.4) is 0 Å². The van der Waals surface area contributed by atoms with E-state index in [1.165, 1.54) is 11.1 Å². The van der Waals surface area contributed by atoms with E-state index in [1.807, 2.05) is 18.8 Å². The van der Waals surface area contributed by atoms with Crippen molar-refractivity contribution in [1.29, 1.82) is 0 Å². The van der Waals surface area contributed by atoms with Crippen molar-refractivity contribution in [3.8, 4) is 28.7 Å². The van der Waals surface area contributed by atoms with E-state index in [2.05, 4.69) is 165 Å². The van der Waals surface area contributed by atoms with Crippen LogP contribution in [0.5, 0.6) is 28.7 Å². The Bertz CT molecular complexity index is 2450. The van der Waals surface area contributed by atoms with Gasteiger partial charge in [0, 0.05) is 32.1 Å². The number of benzene rings is 5. The molecule has 0 saturated carbocycles. The van der Waals surface area contributed by atoms with Gasteiger partial charge in [-0.15, -0.1) is 0 Å². The van der Waals surface area contributed by atoms with E-state index in [0.717, 1.165) is 83.8 Å². The number of rotatable bonds is 1. The quantitative estimate of drug-likeness (QED) is 0.143.